The lowest BCUT2D eigenvalue weighted by Crippen LogP contribution is -2.24. The number of carbonyl (C=O) groups is 1. The summed E-state index contributed by atoms with van der Waals surface area (Å²) in [5.41, 5.74) is 1.44. The zero-order valence-corrected chi connectivity index (χ0v) is 16.3. The van der Waals surface area contributed by atoms with Gasteiger partial charge in [0.2, 0.25) is 5.91 Å². The molecule has 0 radical (unpaired) electrons. The predicted octanol–water partition coefficient (Wildman–Crippen LogP) is 5.49. The number of nitrogens with zero attached hydrogens (tertiary/aromatic N) is 1. The van der Waals surface area contributed by atoms with Crippen LogP contribution in [-0.4, -0.2) is 10.9 Å². The fourth-order valence-electron chi connectivity index (χ4n) is 2.67. The van der Waals surface area contributed by atoms with E-state index < -0.39 is 23.4 Å². The number of pyridine rings is 1. The van der Waals surface area contributed by atoms with Gasteiger partial charge in [0.1, 0.15) is 17.3 Å². The van der Waals surface area contributed by atoms with E-state index in [-0.39, 0.29) is 11.6 Å². The summed E-state index contributed by atoms with van der Waals surface area (Å²) in [5.74, 6) is -2.77. The third-order valence-electron chi connectivity index (χ3n) is 4.29. The Morgan fingerprint density at radius 3 is 2.53 bits per heavy atom. The van der Waals surface area contributed by atoms with Crippen LogP contribution in [0.5, 0.6) is 11.5 Å². The third-order valence-corrected chi connectivity index (χ3v) is 4.29. The molecule has 3 rings (SSSR count). The Morgan fingerprint density at radius 1 is 1.03 bits per heavy atom. The fourth-order valence-corrected chi connectivity index (χ4v) is 2.67. The molecule has 0 saturated heterocycles. The molecular weight excluding hydrogens is 393 g/mol. The number of hydrogen-bond acceptors (Lipinski definition) is 3. The zero-order chi connectivity index (χ0) is 21.7. The normalized spacial score (nSPS) is 12.0. The molecule has 7 heteroatoms. The molecular formula is C23H19F3N2O2. The van der Waals surface area contributed by atoms with Gasteiger partial charge in [-0.1, -0.05) is 12.1 Å². The number of carbonyl (C=O) groups excluding carboxylic acids is 1. The fraction of sp³-hybridized carbons (Fsp3) is 0.130. The first-order valence-corrected chi connectivity index (χ1v) is 9.15. The Labute approximate surface area is 172 Å². The van der Waals surface area contributed by atoms with Crippen LogP contribution >= 0.6 is 0 Å². The number of aryl methyl sites for hydroxylation is 1. The molecule has 30 heavy (non-hydrogen) atoms. The molecule has 0 saturated carbocycles. The smallest absolute Gasteiger partial charge is 0.244 e. The van der Waals surface area contributed by atoms with Crippen LogP contribution in [0.3, 0.4) is 0 Å². The standard InChI is InChI=1S/C23H19F3N2O2/c1-14-6-8-19(13-27-14)30-18-5-3-4-16(10-18)15(2)28-23(29)9-7-17-11-21(25)22(26)12-20(17)24/h3-13,15H,1-2H3,(H,28,29)/b9-7-/t15-/m0/s1. The summed E-state index contributed by atoms with van der Waals surface area (Å²) < 4.78 is 45.6. The summed E-state index contributed by atoms with van der Waals surface area (Å²) in [6, 6.07) is 11.6. The van der Waals surface area contributed by atoms with Crippen molar-refractivity contribution in [3.05, 3.63) is 95.1 Å². The quantitative estimate of drug-likeness (QED) is 0.430. The molecule has 0 unspecified atom stereocenters. The van der Waals surface area contributed by atoms with Crippen molar-refractivity contribution in [2.24, 2.45) is 0 Å². The van der Waals surface area contributed by atoms with E-state index in [0.717, 1.165) is 23.4 Å². The van der Waals surface area contributed by atoms with E-state index in [0.29, 0.717) is 23.6 Å². The van der Waals surface area contributed by atoms with E-state index in [1.807, 2.05) is 25.1 Å². The number of nitrogens with one attached hydrogen (secondary N) is 1. The molecule has 4 nitrogen and oxygen atoms in total. The molecule has 1 aromatic heterocycles. The van der Waals surface area contributed by atoms with Crippen molar-refractivity contribution in [2.75, 3.05) is 0 Å². The first-order chi connectivity index (χ1) is 14.3. The Kier molecular flexibility index (Phi) is 6.51. The molecule has 3 aromatic rings. The van der Waals surface area contributed by atoms with Gasteiger partial charge in [-0.25, -0.2) is 13.2 Å². The second kappa shape index (κ2) is 9.26. The summed E-state index contributed by atoms with van der Waals surface area (Å²) in [6.45, 7) is 3.65. The van der Waals surface area contributed by atoms with Gasteiger partial charge >= 0.3 is 0 Å². The van der Waals surface area contributed by atoms with E-state index >= 15 is 0 Å². The second-order valence-electron chi connectivity index (χ2n) is 6.66. The van der Waals surface area contributed by atoms with Crippen molar-refractivity contribution < 1.29 is 22.7 Å². The monoisotopic (exact) mass is 412 g/mol. The van der Waals surface area contributed by atoms with Crippen molar-refractivity contribution in [1.29, 1.82) is 0 Å². The molecule has 1 N–H and O–H groups in total. The molecule has 0 aliphatic carbocycles. The van der Waals surface area contributed by atoms with Gasteiger partial charge in [-0.2, -0.15) is 0 Å². The van der Waals surface area contributed by atoms with Gasteiger partial charge in [-0.15, -0.1) is 0 Å². The highest BCUT2D eigenvalue weighted by molar-refractivity contribution is 5.92. The Hall–Kier alpha value is -3.61. The first kappa shape index (κ1) is 21.1. The lowest BCUT2D eigenvalue weighted by atomic mass is 10.1. The molecule has 1 heterocycles. The topological polar surface area (TPSA) is 51.2 Å². The van der Waals surface area contributed by atoms with Gasteiger partial charge in [0, 0.05) is 23.4 Å². The van der Waals surface area contributed by atoms with Crippen molar-refractivity contribution in [3.63, 3.8) is 0 Å². The van der Waals surface area contributed by atoms with Crippen molar-refractivity contribution in [2.45, 2.75) is 19.9 Å². The highest BCUT2D eigenvalue weighted by atomic mass is 19.2. The maximum Gasteiger partial charge on any atom is 0.244 e. The minimum absolute atomic E-state index is 0.223. The summed E-state index contributed by atoms with van der Waals surface area (Å²) in [7, 11) is 0. The van der Waals surface area contributed by atoms with E-state index in [1.165, 1.54) is 0 Å². The van der Waals surface area contributed by atoms with Crippen LogP contribution < -0.4 is 10.1 Å². The maximum atomic E-state index is 13.6. The number of hydrogen-bond donors (Lipinski definition) is 1. The van der Waals surface area contributed by atoms with E-state index in [4.69, 9.17) is 4.74 Å². The van der Waals surface area contributed by atoms with Gasteiger partial charge in [-0.3, -0.25) is 9.78 Å². The average molecular weight is 412 g/mol. The summed E-state index contributed by atoms with van der Waals surface area (Å²) >= 11 is 0. The van der Waals surface area contributed by atoms with E-state index in [2.05, 4.69) is 10.3 Å². The highest BCUT2D eigenvalue weighted by Crippen LogP contribution is 2.24. The first-order valence-electron chi connectivity index (χ1n) is 9.15. The SMILES string of the molecule is Cc1ccc(Oc2cccc([C@H](C)NC(=O)/C=C\c3cc(F)c(F)cc3F)c2)cn1. The molecule has 0 spiro atoms. The maximum absolute atomic E-state index is 13.6. The van der Waals surface area contributed by atoms with Crippen molar-refractivity contribution >= 4 is 12.0 Å². The van der Waals surface area contributed by atoms with Gasteiger partial charge in [0.15, 0.2) is 11.6 Å². The van der Waals surface area contributed by atoms with E-state index in [9.17, 15) is 18.0 Å². The number of halogens is 3. The van der Waals surface area contributed by atoms with Gasteiger partial charge in [0.25, 0.3) is 0 Å². The average Bonchev–Trinajstić information content (AvgIpc) is 2.71. The highest BCUT2D eigenvalue weighted by Gasteiger charge is 2.11. The van der Waals surface area contributed by atoms with Crippen LogP contribution in [0.2, 0.25) is 0 Å². The Bertz CT molecular complexity index is 1080. The molecule has 1 atom stereocenters. The van der Waals surface area contributed by atoms with Gasteiger partial charge < -0.3 is 10.1 Å². The van der Waals surface area contributed by atoms with Crippen LogP contribution in [0.4, 0.5) is 13.2 Å². The minimum atomic E-state index is -1.29. The van der Waals surface area contributed by atoms with Crippen LogP contribution in [0.25, 0.3) is 6.08 Å². The number of benzene rings is 2. The molecule has 2 aromatic carbocycles. The van der Waals surface area contributed by atoms with Crippen LogP contribution in [0, 0.1) is 24.4 Å². The van der Waals surface area contributed by atoms with E-state index in [1.54, 1.807) is 31.3 Å². The van der Waals surface area contributed by atoms with Crippen LogP contribution in [0.15, 0.2) is 60.8 Å². The number of aromatic nitrogens is 1. The van der Waals surface area contributed by atoms with Crippen molar-refractivity contribution in [3.8, 4) is 11.5 Å². The molecule has 0 aliphatic rings. The van der Waals surface area contributed by atoms with Crippen molar-refractivity contribution in [1.82, 2.24) is 10.3 Å². The van der Waals surface area contributed by atoms with Crippen LogP contribution in [-0.2, 0) is 4.79 Å². The molecule has 0 aliphatic heterocycles. The minimum Gasteiger partial charge on any atom is -0.456 e. The molecule has 0 bridgehead atoms. The number of ether oxygens (including phenoxy) is 1. The lowest BCUT2D eigenvalue weighted by molar-refractivity contribution is -0.117. The second-order valence-corrected chi connectivity index (χ2v) is 6.66. The predicted molar refractivity (Wildman–Crippen MR) is 107 cm³/mol. The zero-order valence-electron chi connectivity index (χ0n) is 16.3. The molecule has 0 fully saturated rings. The Morgan fingerprint density at radius 2 is 1.80 bits per heavy atom. The lowest BCUT2D eigenvalue weighted by Gasteiger charge is -2.14. The summed E-state index contributed by atoms with van der Waals surface area (Å²) in [5, 5.41) is 2.73. The van der Waals surface area contributed by atoms with Gasteiger partial charge in [0.05, 0.1) is 12.2 Å². The van der Waals surface area contributed by atoms with Crippen LogP contribution in [0.1, 0.15) is 29.8 Å². The Balaban J connectivity index is 1.65. The molecule has 1 amide bonds. The molecule has 154 valence electrons. The number of amides is 1. The summed E-state index contributed by atoms with van der Waals surface area (Å²) in [4.78, 5) is 16.3. The largest absolute Gasteiger partial charge is 0.456 e. The van der Waals surface area contributed by atoms with Gasteiger partial charge in [-0.05, 0) is 55.8 Å². The summed E-state index contributed by atoms with van der Waals surface area (Å²) in [6.07, 6.45) is 3.77. The third kappa shape index (κ3) is 5.47. The number of rotatable bonds is 6.